The molecule has 0 bridgehead atoms. The van der Waals surface area contributed by atoms with E-state index in [0.29, 0.717) is 17.7 Å². The van der Waals surface area contributed by atoms with Crippen molar-refractivity contribution in [2.45, 2.75) is 12.8 Å². The Morgan fingerprint density at radius 3 is 2.47 bits per heavy atom. The molecule has 0 spiro atoms. The molecule has 3 N–H and O–H groups in total. The van der Waals surface area contributed by atoms with E-state index in [2.05, 4.69) is 16.0 Å². The number of nitrogens with one attached hydrogen (secondary N) is 3. The third-order valence-corrected chi connectivity index (χ3v) is 2.50. The van der Waals surface area contributed by atoms with Crippen molar-refractivity contribution < 1.29 is 9.59 Å². The fourth-order valence-electron chi connectivity index (χ4n) is 1.56. The molecule has 0 fully saturated rings. The predicted octanol–water partition coefficient (Wildman–Crippen LogP) is 1.41. The van der Waals surface area contributed by atoms with Crippen LogP contribution in [0.15, 0.2) is 24.3 Å². The summed E-state index contributed by atoms with van der Waals surface area (Å²) in [6, 6.07) is 6.96. The molecule has 0 radical (unpaired) electrons. The Morgan fingerprint density at radius 2 is 1.84 bits per heavy atom. The standard InChI is InChI=1S/C13H19N3O2.ClH/c1-14-9-5-8-12(17)16-11-7-4-3-6-10(11)13(18)15-2;/h3-4,6-7,14H,5,8-9H2,1-2H3,(H,15,18)(H,16,17);1H. The average Bonchev–Trinajstić information content (AvgIpc) is 2.39. The zero-order valence-corrected chi connectivity index (χ0v) is 12.0. The van der Waals surface area contributed by atoms with E-state index in [1.54, 1.807) is 31.3 Å². The molecule has 0 unspecified atom stereocenters. The average molecular weight is 286 g/mol. The van der Waals surface area contributed by atoms with Crippen molar-refractivity contribution in [3.05, 3.63) is 29.8 Å². The van der Waals surface area contributed by atoms with Gasteiger partial charge in [-0.05, 0) is 32.1 Å². The van der Waals surface area contributed by atoms with Gasteiger partial charge in [0.15, 0.2) is 0 Å². The van der Waals surface area contributed by atoms with Crippen molar-refractivity contribution in [3.63, 3.8) is 0 Å². The molecular formula is C13H20ClN3O2. The van der Waals surface area contributed by atoms with Gasteiger partial charge in [0, 0.05) is 13.5 Å². The minimum Gasteiger partial charge on any atom is -0.355 e. The highest BCUT2D eigenvalue weighted by molar-refractivity contribution is 6.03. The van der Waals surface area contributed by atoms with E-state index in [0.717, 1.165) is 13.0 Å². The van der Waals surface area contributed by atoms with Gasteiger partial charge in [-0.25, -0.2) is 0 Å². The maximum absolute atomic E-state index is 11.7. The number of carbonyl (C=O) groups excluding carboxylic acids is 2. The maximum Gasteiger partial charge on any atom is 0.253 e. The van der Waals surface area contributed by atoms with Crippen molar-refractivity contribution in [1.82, 2.24) is 10.6 Å². The van der Waals surface area contributed by atoms with Crippen LogP contribution >= 0.6 is 12.4 Å². The predicted molar refractivity (Wildman–Crippen MR) is 78.9 cm³/mol. The minimum absolute atomic E-state index is 0. The lowest BCUT2D eigenvalue weighted by molar-refractivity contribution is -0.116. The van der Waals surface area contributed by atoms with E-state index in [1.165, 1.54) is 0 Å². The number of anilines is 1. The van der Waals surface area contributed by atoms with E-state index in [-0.39, 0.29) is 24.2 Å². The Morgan fingerprint density at radius 1 is 1.16 bits per heavy atom. The summed E-state index contributed by atoms with van der Waals surface area (Å²) >= 11 is 0. The second-order valence-electron chi connectivity index (χ2n) is 3.88. The Balaban J connectivity index is 0.00000324. The van der Waals surface area contributed by atoms with Crippen molar-refractivity contribution in [2.24, 2.45) is 0 Å². The monoisotopic (exact) mass is 285 g/mol. The number of carbonyl (C=O) groups is 2. The molecule has 0 aromatic heterocycles. The van der Waals surface area contributed by atoms with Gasteiger partial charge in [-0.1, -0.05) is 12.1 Å². The van der Waals surface area contributed by atoms with Gasteiger partial charge in [0.05, 0.1) is 11.3 Å². The van der Waals surface area contributed by atoms with Gasteiger partial charge >= 0.3 is 0 Å². The molecule has 5 nitrogen and oxygen atoms in total. The molecule has 0 heterocycles. The zero-order chi connectivity index (χ0) is 13.4. The van der Waals surface area contributed by atoms with E-state index in [1.807, 2.05) is 7.05 Å². The quantitative estimate of drug-likeness (QED) is 0.692. The number of para-hydroxylation sites is 1. The molecule has 6 heteroatoms. The van der Waals surface area contributed by atoms with Crippen molar-refractivity contribution in [2.75, 3.05) is 26.0 Å². The minimum atomic E-state index is -0.207. The van der Waals surface area contributed by atoms with Gasteiger partial charge < -0.3 is 16.0 Å². The van der Waals surface area contributed by atoms with Crippen LogP contribution < -0.4 is 16.0 Å². The Hall–Kier alpha value is -1.59. The van der Waals surface area contributed by atoms with Crippen LogP contribution in [0, 0.1) is 0 Å². The molecule has 1 aromatic rings. The molecule has 0 saturated heterocycles. The van der Waals surface area contributed by atoms with Crippen LogP contribution in [0.25, 0.3) is 0 Å². The first-order valence-electron chi connectivity index (χ1n) is 5.94. The zero-order valence-electron chi connectivity index (χ0n) is 11.2. The summed E-state index contributed by atoms with van der Waals surface area (Å²) in [6.45, 7) is 0.796. The molecule has 1 aromatic carbocycles. The number of halogens is 1. The van der Waals surface area contributed by atoms with Crippen LogP contribution in [0.4, 0.5) is 5.69 Å². The van der Waals surface area contributed by atoms with Gasteiger partial charge in [-0.3, -0.25) is 9.59 Å². The van der Waals surface area contributed by atoms with Crippen LogP contribution in [0.1, 0.15) is 23.2 Å². The summed E-state index contributed by atoms with van der Waals surface area (Å²) in [5.41, 5.74) is 1.02. The third kappa shape index (κ3) is 5.72. The first kappa shape index (κ1) is 17.4. The summed E-state index contributed by atoms with van der Waals surface area (Å²) in [4.78, 5) is 23.3. The second-order valence-corrected chi connectivity index (χ2v) is 3.88. The van der Waals surface area contributed by atoms with Gasteiger partial charge in [0.2, 0.25) is 5.91 Å². The number of rotatable bonds is 6. The van der Waals surface area contributed by atoms with Crippen LogP contribution in [0.5, 0.6) is 0 Å². The smallest absolute Gasteiger partial charge is 0.253 e. The summed E-state index contributed by atoms with van der Waals surface area (Å²) in [6.07, 6.45) is 1.20. The third-order valence-electron chi connectivity index (χ3n) is 2.50. The fraction of sp³-hybridized carbons (Fsp3) is 0.385. The topological polar surface area (TPSA) is 70.2 Å². The van der Waals surface area contributed by atoms with E-state index in [4.69, 9.17) is 0 Å². The number of hydrogen-bond acceptors (Lipinski definition) is 3. The van der Waals surface area contributed by atoms with E-state index < -0.39 is 0 Å². The molecule has 0 aliphatic rings. The largest absolute Gasteiger partial charge is 0.355 e. The normalized spacial score (nSPS) is 9.37. The van der Waals surface area contributed by atoms with E-state index >= 15 is 0 Å². The van der Waals surface area contributed by atoms with Crippen molar-refractivity contribution in [1.29, 1.82) is 0 Å². The molecule has 106 valence electrons. The number of amides is 2. The summed E-state index contributed by atoms with van der Waals surface area (Å²) in [5.74, 6) is -0.289. The summed E-state index contributed by atoms with van der Waals surface area (Å²) in [5, 5.41) is 8.29. The molecule has 0 atom stereocenters. The van der Waals surface area contributed by atoms with Gasteiger partial charge in [0.25, 0.3) is 5.91 Å². The first-order valence-corrected chi connectivity index (χ1v) is 5.94. The highest BCUT2D eigenvalue weighted by Gasteiger charge is 2.11. The first-order chi connectivity index (χ1) is 8.69. The Bertz CT molecular complexity index is 424. The molecule has 0 aliphatic carbocycles. The van der Waals surface area contributed by atoms with Crippen LogP contribution in [-0.2, 0) is 4.79 Å². The summed E-state index contributed by atoms with van der Waals surface area (Å²) in [7, 11) is 3.41. The molecule has 0 saturated carbocycles. The molecule has 0 aliphatic heterocycles. The molecule has 19 heavy (non-hydrogen) atoms. The lowest BCUT2D eigenvalue weighted by atomic mass is 10.1. The van der Waals surface area contributed by atoms with Crippen LogP contribution in [-0.4, -0.2) is 32.5 Å². The molecular weight excluding hydrogens is 266 g/mol. The lowest BCUT2D eigenvalue weighted by Crippen LogP contribution is -2.21. The highest BCUT2D eigenvalue weighted by atomic mass is 35.5. The van der Waals surface area contributed by atoms with E-state index in [9.17, 15) is 9.59 Å². The Kier molecular flexibility index (Phi) is 8.57. The van der Waals surface area contributed by atoms with Crippen molar-refractivity contribution >= 4 is 29.9 Å². The van der Waals surface area contributed by atoms with Crippen molar-refractivity contribution in [3.8, 4) is 0 Å². The number of hydrogen-bond donors (Lipinski definition) is 3. The fourth-order valence-corrected chi connectivity index (χ4v) is 1.56. The van der Waals surface area contributed by atoms with Crippen LogP contribution in [0.3, 0.4) is 0 Å². The lowest BCUT2D eigenvalue weighted by Gasteiger charge is -2.09. The number of benzene rings is 1. The Labute approximate surface area is 119 Å². The van der Waals surface area contributed by atoms with Gasteiger partial charge in [-0.2, -0.15) is 0 Å². The second kappa shape index (κ2) is 9.35. The summed E-state index contributed by atoms with van der Waals surface area (Å²) < 4.78 is 0. The highest BCUT2D eigenvalue weighted by Crippen LogP contribution is 2.15. The maximum atomic E-state index is 11.7. The van der Waals surface area contributed by atoms with Gasteiger partial charge in [0.1, 0.15) is 0 Å². The van der Waals surface area contributed by atoms with Crippen LogP contribution in [0.2, 0.25) is 0 Å². The van der Waals surface area contributed by atoms with Gasteiger partial charge in [-0.15, -0.1) is 12.4 Å². The SMILES string of the molecule is CNCCCC(=O)Nc1ccccc1C(=O)NC.Cl. The molecule has 2 amide bonds. The molecule has 1 rings (SSSR count).